The largest absolute Gasteiger partial charge is 0.466 e. The molecule has 0 spiro atoms. The summed E-state index contributed by atoms with van der Waals surface area (Å²) in [5, 5.41) is 0. The second-order valence-corrected chi connectivity index (χ2v) is 15.1. The van der Waals surface area contributed by atoms with Gasteiger partial charge in [-0.2, -0.15) is 0 Å². The summed E-state index contributed by atoms with van der Waals surface area (Å²) in [4.78, 5) is 12.0. The van der Waals surface area contributed by atoms with Gasteiger partial charge in [-0.25, -0.2) is 0 Å². The maximum Gasteiger partial charge on any atom is 0.305 e. The van der Waals surface area contributed by atoms with Gasteiger partial charge in [0.15, 0.2) is 0 Å². The summed E-state index contributed by atoms with van der Waals surface area (Å²) in [6.07, 6.45) is 55.0. The van der Waals surface area contributed by atoms with E-state index < -0.39 is 0 Å². The molecular weight excluding hydrogens is 560 g/mol. The highest BCUT2D eigenvalue weighted by atomic mass is 16.5. The van der Waals surface area contributed by atoms with Crippen molar-refractivity contribution in [3.63, 3.8) is 0 Å². The van der Waals surface area contributed by atoms with Crippen LogP contribution < -0.4 is 0 Å². The lowest BCUT2D eigenvalue weighted by Crippen LogP contribution is -2.05. The van der Waals surface area contributed by atoms with E-state index in [9.17, 15) is 4.79 Å². The summed E-state index contributed by atoms with van der Waals surface area (Å²) >= 11 is 0. The molecule has 0 heterocycles. The van der Waals surface area contributed by atoms with E-state index in [1.807, 2.05) is 0 Å². The summed E-state index contributed by atoms with van der Waals surface area (Å²) in [5.41, 5.74) is 0. The molecule has 0 bridgehead atoms. The van der Waals surface area contributed by atoms with Gasteiger partial charge in [0.05, 0.1) is 6.61 Å². The molecule has 0 aromatic heterocycles. The fourth-order valence-electron chi connectivity index (χ4n) is 6.96. The topological polar surface area (TPSA) is 26.3 Å². The first kappa shape index (κ1) is 45.5. The Morgan fingerprint density at radius 2 is 0.478 bits per heavy atom. The summed E-state index contributed by atoms with van der Waals surface area (Å²) in [5.74, 6) is 0.0302. The normalized spacial score (nSPS) is 11.4. The van der Waals surface area contributed by atoms with Crippen LogP contribution >= 0.6 is 0 Å². The summed E-state index contributed by atoms with van der Waals surface area (Å²) in [7, 11) is 0. The molecular formula is C44H88O2. The van der Waals surface area contributed by atoms with Gasteiger partial charge in [0.25, 0.3) is 0 Å². The number of esters is 1. The molecule has 0 aromatic carbocycles. The Morgan fingerprint density at radius 3 is 0.717 bits per heavy atom. The predicted octanol–water partition coefficient (Wildman–Crippen LogP) is 16.2. The minimum absolute atomic E-state index is 0.0302. The molecule has 0 amide bonds. The number of hydrogen-bond acceptors (Lipinski definition) is 2. The molecule has 0 aliphatic heterocycles. The van der Waals surface area contributed by atoms with E-state index in [0.717, 1.165) is 12.8 Å². The number of rotatable bonds is 41. The highest BCUT2D eigenvalue weighted by Crippen LogP contribution is 2.17. The van der Waals surface area contributed by atoms with Crippen molar-refractivity contribution in [2.45, 2.75) is 271 Å². The maximum atomic E-state index is 12.0. The third-order valence-corrected chi connectivity index (χ3v) is 10.2. The van der Waals surface area contributed by atoms with Crippen molar-refractivity contribution in [3.8, 4) is 0 Å². The van der Waals surface area contributed by atoms with Crippen LogP contribution in [0, 0.1) is 0 Å². The molecule has 0 aliphatic carbocycles. The van der Waals surface area contributed by atoms with Gasteiger partial charge >= 0.3 is 5.97 Å². The van der Waals surface area contributed by atoms with Gasteiger partial charge < -0.3 is 4.74 Å². The molecule has 2 heteroatoms. The zero-order chi connectivity index (χ0) is 33.3. The van der Waals surface area contributed by atoms with Crippen molar-refractivity contribution in [2.75, 3.05) is 6.61 Å². The Bertz CT molecular complexity index is 544. The fraction of sp³-hybridized carbons (Fsp3) is 0.977. The maximum absolute atomic E-state index is 12.0. The highest BCUT2D eigenvalue weighted by Gasteiger charge is 2.03. The Labute approximate surface area is 292 Å². The lowest BCUT2D eigenvalue weighted by molar-refractivity contribution is -0.143. The zero-order valence-electron chi connectivity index (χ0n) is 32.3. The summed E-state index contributed by atoms with van der Waals surface area (Å²) in [6, 6.07) is 0. The summed E-state index contributed by atoms with van der Waals surface area (Å²) in [6.45, 7) is 5.22. The van der Waals surface area contributed by atoms with Crippen LogP contribution in [-0.4, -0.2) is 12.6 Å². The second-order valence-electron chi connectivity index (χ2n) is 15.1. The quantitative estimate of drug-likeness (QED) is 0.0487. The van der Waals surface area contributed by atoms with Crippen molar-refractivity contribution >= 4 is 5.97 Å². The average Bonchev–Trinajstić information content (AvgIpc) is 3.06. The Balaban J connectivity index is 3.12. The molecule has 2 nitrogen and oxygen atoms in total. The van der Waals surface area contributed by atoms with E-state index in [1.54, 1.807) is 0 Å². The monoisotopic (exact) mass is 649 g/mol. The third-order valence-electron chi connectivity index (χ3n) is 10.2. The van der Waals surface area contributed by atoms with Gasteiger partial charge in [-0.3, -0.25) is 4.79 Å². The Hall–Kier alpha value is -0.530. The van der Waals surface area contributed by atoms with Crippen LogP contribution in [0.4, 0.5) is 0 Å². The van der Waals surface area contributed by atoms with Gasteiger partial charge in [0.1, 0.15) is 0 Å². The van der Waals surface area contributed by atoms with Gasteiger partial charge in [0, 0.05) is 6.42 Å². The molecule has 0 saturated heterocycles. The smallest absolute Gasteiger partial charge is 0.305 e. The lowest BCUT2D eigenvalue weighted by Gasteiger charge is -2.06. The Morgan fingerprint density at radius 1 is 0.283 bits per heavy atom. The lowest BCUT2D eigenvalue weighted by atomic mass is 10.0. The van der Waals surface area contributed by atoms with Gasteiger partial charge in [-0.15, -0.1) is 0 Å². The molecule has 0 radical (unpaired) electrons. The molecule has 0 unspecified atom stereocenters. The number of carbonyl (C=O) groups excluding carboxylic acids is 1. The van der Waals surface area contributed by atoms with Crippen LogP contribution in [0.15, 0.2) is 0 Å². The first-order chi connectivity index (χ1) is 22.8. The molecule has 0 aromatic rings. The first-order valence-electron chi connectivity index (χ1n) is 22.0. The van der Waals surface area contributed by atoms with E-state index in [-0.39, 0.29) is 5.97 Å². The number of ether oxygens (including phenoxy) is 1. The van der Waals surface area contributed by atoms with Crippen molar-refractivity contribution in [2.24, 2.45) is 0 Å². The summed E-state index contributed by atoms with van der Waals surface area (Å²) < 4.78 is 5.45. The molecule has 0 aliphatic rings. The standard InChI is InChI=1S/C44H88O2/c1-3-5-7-9-11-13-15-17-18-19-20-21-22-23-24-25-26-27-28-29-30-31-32-34-36-38-40-42-44(45)46-43-41-39-37-35-33-16-14-12-10-8-6-4-2/h3-43H2,1-2H3. The van der Waals surface area contributed by atoms with E-state index in [2.05, 4.69) is 13.8 Å². The number of carbonyl (C=O) groups is 1. The fourth-order valence-corrected chi connectivity index (χ4v) is 6.96. The number of unbranched alkanes of at least 4 members (excludes halogenated alkanes) is 37. The second kappa shape index (κ2) is 42.5. The van der Waals surface area contributed by atoms with Gasteiger partial charge in [0.2, 0.25) is 0 Å². The van der Waals surface area contributed by atoms with Crippen molar-refractivity contribution in [3.05, 3.63) is 0 Å². The minimum Gasteiger partial charge on any atom is -0.466 e. The number of hydrogen-bond donors (Lipinski definition) is 0. The average molecular weight is 649 g/mol. The molecule has 0 fully saturated rings. The zero-order valence-corrected chi connectivity index (χ0v) is 32.3. The SMILES string of the molecule is CCCCCCCCCCCCCCCCCCCCCCCCCCCCCC(=O)OCCCCCCCCCCCCCC. The van der Waals surface area contributed by atoms with Crippen LogP contribution in [-0.2, 0) is 9.53 Å². The first-order valence-corrected chi connectivity index (χ1v) is 22.0. The molecule has 0 atom stereocenters. The van der Waals surface area contributed by atoms with Crippen LogP contribution in [0.1, 0.15) is 271 Å². The molecule has 0 N–H and O–H groups in total. The molecule has 0 saturated carbocycles. The van der Waals surface area contributed by atoms with E-state index in [4.69, 9.17) is 4.74 Å². The van der Waals surface area contributed by atoms with Crippen LogP contribution in [0.3, 0.4) is 0 Å². The molecule has 0 rings (SSSR count). The van der Waals surface area contributed by atoms with Crippen molar-refractivity contribution in [1.29, 1.82) is 0 Å². The van der Waals surface area contributed by atoms with E-state index in [0.29, 0.717) is 13.0 Å². The van der Waals surface area contributed by atoms with E-state index in [1.165, 1.54) is 238 Å². The molecule has 46 heavy (non-hydrogen) atoms. The Kier molecular flexibility index (Phi) is 42.0. The van der Waals surface area contributed by atoms with Crippen molar-refractivity contribution < 1.29 is 9.53 Å². The predicted molar refractivity (Wildman–Crippen MR) is 207 cm³/mol. The van der Waals surface area contributed by atoms with Crippen LogP contribution in [0.5, 0.6) is 0 Å². The van der Waals surface area contributed by atoms with Crippen LogP contribution in [0.25, 0.3) is 0 Å². The van der Waals surface area contributed by atoms with Gasteiger partial charge in [-0.1, -0.05) is 251 Å². The highest BCUT2D eigenvalue weighted by molar-refractivity contribution is 5.69. The third kappa shape index (κ3) is 41.5. The van der Waals surface area contributed by atoms with Crippen LogP contribution in [0.2, 0.25) is 0 Å². The molecule has 276 valence electrons. The minimum atomic E-state index is 0.0302. The van der Waals surface area contributed by atoms with Gasteiger partial charge in [-0.05, 0) is 12.8 Å². The van der Waals surface area contributed by atoms with Crippen molar-refractivity contribution in [1.82, 2.24) is 0 Å². The van der Waals surface area contributed by atoms with E-state index >= 15 is 0 Å².